The third kappa shape index (κ3) is 1.13. The van der Waals surface area contributed by atoms with E-state index in [9.17, 15) is 4.79 Å². The number of hydrogen-bond acceptors (Lipinski definition) is 2. The molecule has 1 saturated carbocycles. The van der Waals surface area contributed by atoms with E-state index < -0.39 is 0 Å². The summed E-state index contributed by atoms with van der Waals surface area (Å²) < 4.78 is 1.90. The van der Waals surface area contributed by atoms with Crippen LogP contribution in [-0.4, -0.2) is 15.5 Å². The molecule has 0 unspecified atom stereocenters. The average molecular weight is 268 g/mol. The second-order valence-electron chi connectivity index (χ2n) is 7.25. The van der Waals surface area contributed by atoms with Crippen LogP contribution in [0.3, 0.4) is 0 Å². The highest BCUT2D eigenvalue weighted by Gasteiger charge is 2.61. The average Bonchev–Trinajstić information content (AvgIpc) is 2.81. The molecule has 0 saturated heterocycles. The van der Waals surface area contributed by atoms with Gasteiger partial charge < -0.3 is 0 Å². The summed E-state index contributed by atoms with van der Waals surface area (Å²) in [5, 5.41) is 0. The van der Waals surface area contributed by atoms with Crippen molar-refractivity contribution >= 4 is 16.9 Å². The van der Waals surface area contributed by atoms with Crippen LogP contribution >= 0.6 is 0 Å². The lowest BCUT2D eigenvalue weighted by Crippen LogP contribution is -2.47. The van der Waals surface area contributed by atoms with Crippen molar-refractivity contribution in [2.75, 3.05) is 0 Å². The van der Waals surface area contributed by atoms with E-state index in [0.717, 1.165) is 29.7 Å². The van der Waals surface area contributed by atoms with E-state index in [1.54, 1.807) is 0 Å². The Morgan fingerprint density at radius 3 is 2.80 bits per heavy atom. The molecule has 1 aliphatic heterocycles. The van der Waals surface area contributed by atoms with Gasteiger partial charge in [-0.1, -0.05) is 26.8 Å². The van der Waals surface area contributed by atoms with E-state index in [1.165, 1.54) is 5.56 Å². The monoisotopic (exact) mass is 268 g/mol. The van der Waals surface area contributed by atoms with Crippen LogP contribution < -0.4 is 0 Å². The van der Waals surface area contributed by atoms with Gasteiger partial charge in [-0.25, -0.2) is 4.98 Å². The quantitative estimate of drug-likeness (QED) is 0.726. The minimum Gasteiger partial charge on any atom is -0.273 e. The molecule has 0 radical (unpaired) electrons. The first-order valence-corrected chi connectivity index (χ1v) is 7.40. The molecule has 1 aromatic heterocycles. The van der Waals surface area contributed by atoms with E-state index in [0.29, 0.717) is 5.92 Å². The molecule has 0 spiro atoms. The molecule has 0 N–H and O–H groups in total. The third-order valence-corrected chi connectivity index (χ3v) is 6.05. The van der Waals surface area contributed by atoms with Crippen molar-refractivity contribution in [1.29, 1.82) is 0 Å². The normalized spacial score (nSPS) is 30.8. The predicted octanol–water partition coefficient (Wildman–Crippen LogP) is 3.91. The molecule has 2 aromatic rings. The van der Waals surface area contributed by atoms with Gasteiger partial charge in [-0.3, -0.25) is 9.36 Å². The van der Waals surface area contributed by atoms with Crippen LogP contribution in [0, 0.1) is 17.8 Å². The summed E-state index contributed by atoms with van der Waals surface area (Å²) in [6.45, 7) is 8.67. The van der Waals surface area contributed by atoms with Crippen molar-refractivity contribution in [3.63, 3.8) is 0 Å². The fraction of sp³-hybridized carbons (Fsp3) is 0.529. The van der Waals surface area contributed by atoms with E-state index in [1.807, 2.05) is 10.6 Å². The second kappa shape index (κ2) is 3.33. The Bertz CT molecular complexity index is 756. The Hall–Kier alpha value is -1.64. The summed E-state index contributed by atoms with van der Waals surface area (Å²) in [6, 6.07) is 6.19. The van der Waals surface area contributed by atoms with Crippen LogP contribution in [0.4, 0.5) is 0 Å². The minimum absolute atomic E-state index is 0.00347. The van der Waals surface area contributed by atoms with Crippen LogP contribution in [0.1, 0.15) is 55.7 Å². The number of nitrogens with zero attached hydrogens (tertiary/aromatic N) is 2. The fourth-order valence-corrected chi connectivity index (χ4v) is 4.24. The Labute approximate surface area is 119 Å². The first-order chi connectivity index (χ1) is 9.36. The lowest BCUT2D eigenvalue weighted by atomic mass is 9.63. The SMILES string of the molecule is Cc1ccc2c(c1)nc1n2C(=O)[C@@]2(C)CC[C@H]1C2(C)C. The van der Waals surface area contributed by atoms with Crippen molar-refractivity contribution in [3.8, 4) is 0 Å². The molecule has 0 amide bonds. The Morgan fingerprint density at radius 2 is 2.05 bits per heavy atom. The summed E-state index contributed by atoms with van der Waals surface area (Å²) >= 11 is 0. The van der Waals surface area contributed by atoms with Gasteiger partial charge in [0.2, 0.25) is 5.91 Å². The summed E-state index contributed by atoms with van der Waals surface area (Å²) in [5.74, 6) is 1.60. The van der Waals surface area contributed by atoms with E-state index in [2.05, 4.69) is 39.8 Å². The molecule has 3 heteroatoms. The zero-order valence-corrected chi connectivity index (χ0v) is 12.5. The molecule has 1 aliphatic carbocycles. The van der Waals surface area contributed by atoms with Crippen LogP contribution in [0.25, 0.3) is 11.0 Å². The number of fused-ring (bicyclic) bond motifs is 6. The molecule has 2 atom stereocenters. The summed E-state index contributed by atoms with van der Waals surface area (Å²) in [6.07, 6.45) is 2.04. The number of carbonyl (C=O) groups is 1. The van der Waals surface area contributed by atoms with E-state index in [-0.39, 0.29) is 16.7 Å². The molecule has 2 heterocycles. The molecule has 2 aliphatic rings. The van der Waals surface area contributed by atoms with Crippen molar-refractivity contribution in [2.24, 2.45) is 10.8 Å². The topological polar surface area (TPSA) is 34.9 Å². The van der Waals surface area contributed by atoms with Gasteiger partial charge in [-0.2, -0.15) is 0 Å². The first kappa shape index (κ1) is 12.1. The maximum absolute atomic E-state index is 13.1. The molecule has 3 nitrogen and oxygen atoms in total. The van der Waals surface area contributed by atoms with Crippen molar-refractivity contribution < 1.29 is 4.79 Å². The molecular formula is C17H20N2O. The van der Waals surface area contributed by atoms with Crippen molar-refractivity contribution in [1.82, 2.24) is 9.55 Å². The maximum atomic E-state index is 13.1. The van der Waals surface area contributed by atoms with Gasteiger partial charge in [-0.15, -0.1) is 0 Å². The molecule has 1 aromatic carbocycles. The largest absolute Gasteiger partial charge is 0.273 e. The zero-order chi connectivity index (χ0) is 14.3. The van der Waals surface area contributed by atoms with Crippen LogP contribution in [0.15, 0.2) is 18.2 Å². The second-order valence-corrected chi connectivity index (χ2v) is 7.25. The molecule has 104 valence electrons. The minimum atomic E-state index is -0.261. The number of aromatic nitrogens is 2. The first-order valence-electron chi connectivity index (χ1n) is 7.40. The smallest absolute Gasteiger partial charge is 0.239 e. The Balaban J connectivity index is 2.09. The standard InChI is InChI=1S/C17H20N2O/c1-10-5-6-13-12(9-10)18-14-11-7-8-17(4,16(11,2)3)15(20)19(13)14/h5-6,9,11H,7-8H2,1-4H3/t11-,17-/m1/s1. The van der Waals surface area contributed by atoms with Gasteiger partial charge in [0.15, 0.2) is 0 Å². The highest BCUT2D eigenvalue weighted by molar-refractivity contribution is 5.96. The highest BCUT2D eigenvalue weighted by atomic mass is 16.2. The predicted molar refractivity (Wildman–Crippen MR) is 79.0 cm³/mol. The number of hydrogen-bond donors (Lipinski definition) is 0. The molecule has 2 bridgehead atoms. The van der Waals surface area contributed by atoms with E-state index in [4.69, 9.17) is 4.98 Å². The third-order valence-electron chi connectivity index (χ3n) is 6.05. The number of aryl methyl sites for hydroxylation is 1. The van der Waals surface area contributed by atoms with E-state index >= 15 is 0 Å². The molecular weight excluding hydrogens is 248 g/mol. The maximum Gasteiger partial charge on any atom is 0.239 e. The molecule has 1 fully saturated rings. The van der Waals surface area contributed by atoms with Crippen LogP contribution in [0.5, 0.6) is 0 Å². The Morgan fingerprint density at radius 1 is 1.30 bits per heavy atom. The van der Waals surface area contributed by atoms with Gasteiger partial charge in [0, 0.05) is 5.92 Å². The van der Waals surface area contributed by atoms with Gasteiger partial charge in [0.05, 0.1) is 16.4 Å². The summed E-state index contributed by atoms with van der Waals surface area (Å²) in [5.41, 5.74) is 2.86. The Kier molecular flexibility index (Phi) is 2.02. The number of rotatable bonds is 0. The summed E-state index contributed by atoms with van der Waals surface area (Å²) in [4.78, 5) is 17.9. The van der Waals surface area contributed by atoms with Crippen molar-refractivity contribution in [2.45, 2.75) is 46.5 Å². The van der Waals surface area contributed by atoms with Gasteiger partial charge in [-0.05, 0) is 42.9 Å². The lowest BCUT2D eigenvalue weighted by molar-refractivity contribution is 0.0413. The van der Waals surface area contributed by atoms with Gasteiger partial charge in [0.1, 0.15) is 5.82 Å². The lowest BCUT2D eigenvalue weighted by Gasteiger charge is -2.44. The summed E-state index contributed by atoms with van der Waals surface area (Å²) in [7, 11) is 0. The van der Waals surface area contributed by atoms with Gasteiger partial charge >= 0.3 is 0 Å². The van der Waals surface area contributed by atoms with Gasteiger partial charge in [0.25, 0.3) is 0 Å². The van der Waals surface area contributed by atoms with Crippen LogP contribution in [-0.2, 0) is 0 Å². The zero-order valence-electron chi connectivity index (χ0n) is 12.5. The molecule has 4 rings (SSSR count). The molecule has 20 heavy (non-hydrogen) atoms. The fourth-order valence-electron chi connectivity index (χ4n) is 4.24. The van der Waals surface area contributed by atoms with Crippen LogP contribution in [0.2, 0.25) is 0 Å². The van der Waals surface area contributed by atoms with Crippen molar-refractivity contribution in [3.05, 3.63) is 29.6 Å². The number of imidazole rings is 1. The highest BCUT2D eigenvalue weighted by Crippen LogP contribution is 2.63. The number of benzene rings is 1. The number of carbonyl (C=O) groups excluding carboxylic acids is 1.